The minimum absolute atomic E-state index is 0.735. The van der Waals surface area contributed by atoms with Crippen molar-refractivity contribution in [1.29, 1.82) is 0 Å². The van der Waals surface area contributed by atoms with Gasteiger partial charge in [-0.25, -0.2) is 4.98 Å². The van der Waals surface area contributed by atoms with Crippen LogP contribution < -0.4 is 5.32 Å². The number of likely N-dealkylation sites (N-methyl/N-ethyl adjacent to an activating group) is 1. The fourth-order valence-corrected chi connectivity index (χ4v) is 2.14. The Labute approximate surface area is 93.2 Å². The van der Waals surface area contributed by atoms with Crippen LogP contribution in [0.3, 0.4) is 0 Å². The zero-order valence-corrected chi connectivity index (χ0v) is 9.73. The fraction of sp³-hybridized carbons (Fsp3) is 0.364. The minimum Gasteiger partial charge on any atom is -0.444 e. The van der Waals surface area contributed by atoms with E-state index in [2.05, 4.69) is 23.3 Å². The number of aromatic nitrogens is 1. The molecule has 3 nitrogen and oxygen atoms in total. The van der Waals surface area contributed by atoms with Crippen molar-refractivity contribution < 1.29 is 4.42 Å². The molecule has 0 bridgehead atoms. The van der Waals surface area contributed by atoms with Crippen LogP contribution in [0.1, 0.15) is 10.6 Å². The van der Waals surface area contributed by atoms with Crippen molar-refractivity contribution in [3.05, 3.63) is 29.0 Å². The molecule has 15 heavy (non-hydrogen) atoms. The zero-order valence-electron chi connectivity index (χ0n) is 8.91. The Morgan fingerprint density at radius 1 is 1.47 bits per heavy atom. The SMILES string of the molecule is CNCCc1coc(-c2ccc(C)s2)n1. The van der Waals surface area contributed by atoms with Crippen LogP contribution in [0.25, 0.3) is 10.8 Å². The second kappa shape index (κ2) is 4.59. The van der Waals surface area contributed by atoms with E-state index in [4.69, 9.17) is 4.42 Å². The predicted octanol–water partition coefficient (Wildman–Crippen LogP) is 2.47. The normalized spacial score (nSPS) is 10.8. The lowest BCUT2D eigenvalue weighted by atomic mass is 10.3. The van der Waals surface area contributed by atoms with Crippen LogP contribution in [0, 0.1) is 6.92 Å². The quantitative estimate of drug-likeness (QED) is 0.863. The highest BCUT2D eigenvalue weighted by Crippen LogP contribution is 2.26. The molecule has 4 heteroatoms. The number of oxazole rings is 1. The molecule has 0 amide bonds. The summed E-state index contributed by atoms with van der Waals surface area (Å²) in [5.41, 5.74) is 1.01. The van der Waals surface area contributed by atoms with Crippen molar-refractivity contribution in [2.75, 3.05) is 13.6 Å². The first-order valence-electron chi connectivity index (χ1n) is 4.95. The van der Waals surface area contributed by atoms with Crippen LogP contribution in [0.5, 0.6) is 0 Å². The van der Waals surface area contributed by atoms with Crippen LogP contribution in [0.4, 0.5) is 0 Å². The van der Waals surface area contributed by atoms with Crippen LogP contribution in [-0.2, 0) is 6.42 Å². The van der Waals surface area contributed by atoms with E-state index in [9.17, 15) is 0 Å². The molecule has 0 aromatic carbocycles. The molecule has 0 aliphatic heterocycles. The smallest absolute Gasteiger partial charge is 0.236 e. The average molecular weight is 222 g/mol. The van der Waals surface area contributed by atoms with Crippen LogP contribution in [0.15, 0.2) is 22.8 Å². The lowest BCUT2D eigenvalue weighted by molar-refractivity contribution is 0.573. The zero-order chi connectivity index (χ0) is 10.7. The maximum atomic E-state index is 5.43. The molecule has 0 fully saturated rings. The Morgan fingerprint density at radius 3 is 3.00 bits per heavy atom. The Morgan fingerprint density at radius 2 is 2.33 bits per heavy atom. The lowest BCUT2D eigenvalue weighted by Gasteiger charge is -1.92. The number of nitrogens with one attached hydrogen (secondary N) is 1. The summed E-state index contributed by atoms with van der Waals surface area (Å²) in [5, 5.41) is 3.09. The molecule has 0 aliphatic carbocycles. The molecule has 0 saturated heterocycles. The highest BCUT2D eigenvalue weighted by molar-refractivity contribution is 7.15. The lowest BCUT2D eigenvalue weighted by Crippen LogP contribution is -2.10. The highest BCUT2D eigenvalue weighted by atomic mass is 32.1. The van der Waals surface area contributed by atoms with Crippen molar-refractivity contribution in [2.24, 2.45) is 0 Å². The van der Waals surface area contributed by atoms with E-state index in [1.807, 2.05) is 13.1 Å². The summed E-state index contributed by atoms with van der Waals surface area (Å²) in [7, 11) is 1.93. The van der Waals surface area contributed by atoms with Gasteiger partial charge in [-0.05, 0) is 26.1 Å². The Bertz CT molecular complexity index is 433. The molecule has 80 valence electrons. The maximum absolute atomic E-state index is 5.43. The molecular formula is C11H14N2OS. The van der Waals surface area contributed by atoms with Gasteiger partial charge in [0.25, 0.3) is 0 Å². The Hall–Kier alpha value is -1.13. The molecule has 2 aromatic rings. The number of hydrogen-bond donors (Lipinski definition) is 1. The third-order valence-corrected chi connectivity index (χ3v) is 3.12. The van der Waals surface area contributed by atoms with Crippen molar-refractivity contribution >= 4 is 11.3 Å². The summed E-state index contributed by atoms with van der Waals surface area (Å²) in [4.78, 5) is 6.81. The summed E-state index contributed by atoms with van der Waals surface area (Å²) in [5.74, 6) is 0.735. The molecule has 2 rings (SSSR count). The number of aryl methyl sites for hydroxylation is 1. The van der Waals surface area contributed by atoms with Gasteiger partial charge in [0.15, 0.2) is 0 Å². The summed E-state index contributed by atoms with van der Waals surface area (Å²) < 4.78 is 5.43. The molecule has 0 saturated carbocycles. The average Bonchev–Trinajstić information content (AvgIpc) is 2.83. The van der Waals surface area contributed by atoms with Crippen molar-refractivity contribution in [3.63, 3.8) is 0 Å². The highest BCUT2D eigenvalue weighted by Gasteiger charge is 2.07. The van der Waals surface area contributed by atoms with Gasteiger partial charge in [0.05, 0.1) is 10.6 Å². The van der Waals surface area contributed by atoms with Crippen LogP contribution in [0.2, 0.25) is 0 Å². The molecule has 2 heterocycles. The van der Waals surface area contributed by atoms with Gasteiger partial charge < -0.3 is 9.73 Å². The Balaban J connectivity index is 2.13. The van der Waals surface area contributed by atoms with Crippen molar-refractivity contribution in [2.45, 2.75) is 13.3 Å². The van der Waals surface area contributed by atoms with Crippen molar-refractivity contribution in [3.8, 4) is 10.8 Å². The molecule has 0 unspecified atom stereocenters. The molecule has 0 atom stereocenters. The Kier molecular flexibility index (Phi) is 3.18. The van der Waals surface area contributed by atoms with E-state index in [-0.39, 0.29) is 0 Å². The summed E-state index contributed by atoms with van der Waals surface area (Å²) >= 11 is 1.71. The van der Waals surface area contributed by atoms with Crippen LogP contribution in [-0.4, -0.2) is 18.6 Å². The number of rotatable bonds is 4. The second-order valence-electron chi connectivity index (χ2n) is 3.41. The largest absolute Gasteiger partial charge is 0.444 e. The number of hydrogen-bond acceptors (Lipinski definition) is 4. The first-order chi connectivity index (χ1) is 7.29. The standard InChI is InChI=1S/C11H14N2OS/c1-8-3-4-10(15-8)11-13-9(7-14-11)5-6-12-2/h3-4,7,12H,5-6H2,1-2H3. The molecule has 0 radical (unpaired) electrons. The predicted molar refractivity (Wildman–Crippen MR) is 62.2 cm³/mol. The van der Waals surface area contributed by atoms with E-state index in [1.54, 1.807) is 17.6 Å². The minimum atomic E-state index is 0.735. The van der Waals surface area contributed by atoms with Gasteiger partial charge in [0.1, 0.15) is 6.26 Å². The van der Waals surface area contributed by atoms with E-state index < -0.39 is 0 Å². The first-order valence-corrected chi connectivity index (χ1v) is 5.77. The maximum Gasteiger partial charge on any atom is 0.236 e. The van der Waals surface area contributed by atoms with E-state index in [0.29, 0.717) is 0 Å². The molecule has 0 spiro atoms. The van der Waals surface area contributed by atoms with E-state index in [0.717, 1.165) is 29.4 Å². The van der Waals surface area contributed by atoms with E-state index in [1.165, 1.54) is 4.88 Å². The van der Waals surface area contributed by atoms with Gasteiger partial charge in [0.2, 0.25) is 5.89 Å². The topological polar surface area (TPSA) is 38.1 Å². The molecule has 1 N–H and O–H groups in total. The monoisotopic (exact) mass is 222 g/mol. The molecule has 0 aliphatic rings. The van der Waals surface area contributed by atoms with Crippen LogP contribution >= 0.6 is 11.3 Å². The van der Waals surface area contributed by atoms with Gasteiger partial charge in [-0.3, -0.25) is 0 Å². The van der Waals surface area contributed by atoms with Gasteiger partial charge in [0, 0.05) is 17.8 Å². The van der Waals surface area contributed by atoms with Crippen molar-refractivity contribution in [1.82, 2.24) is 10.3 Å². The number of thiophene rings is 1. The molecular weight excluding hydrogens is 208 g/mol. The summed E-state index contributed by atoms with van der Waals surface area (Å²) in [6, 6.07) is 4.13. The first kappa shape index (κ1) is 10.4. The third-order valence-electron chi connectivity index (χ3n) is 2.13. The summed E-state index contributed by atoms with van der Waals surface area (Å²) in [6.07, 6.45) is 2.64. The molecule has 2 aromatic heterocycles. The fourth-order valence-electron chi connectivity index (χ4n) is 1.34. The van der Waals surface area contributed by atoms with Gasteiger partial charge >= 0.3 is 0 Å². The summed E-state index contributed by atoms with van der Waals surface area (Å²) in [6.45, 7) is 3.01. The van der Waals surface area contributed by atoms with Gasteiger partial charge in [-0.15, -0.1) is 11.3 Å². The van der Waals surface area contributed by atoms with E-state index >= 15 is 0 Å². The van der Waals surface area contributed by atoms with Gasteiger partial charge in [-0.1, -0.05) is 0 Å². The van der Waals surface area contributed by atoms with Gasteiger partial charge in [-0.2, -0.15) is 0 Å². The number of nitrogens with zero attached hydrogens (tertiary/aromatic N) is 1. The second-order valence-corrected chi connectivity index (χ2v) is 4.70. The third kappa shape index (κ3) is 2.46.